The van der Waals surface area contributed by atoms with Gasteiger partial charge in [-0.25, -0.2) is 0 Å². The Balaban J connectivity index is 3.33. The van der Waals surface area contributed by atoms with Crippen LogP contribution in [0.4, 0.5) is 0 Å². The lowest BCUT2D eigenvalue weighted by molar-refractivity contribution is -0.152. The molecular formula is C38H74O5. The highest BCUT2D eigenvalue weighted by Gasteiger charge is 2.12. The minimum atomic E-state index is -0.953. The molecule has 0 heterocycles. The van der Waals surface area contributed by atoms with Crippen LogP contribution in [0.25, 0.3) is 0 Å². The maximum atomic E-state index is 11.9. The normalized spacial score (nSPS) is 12.7. The van der Waals surface area contributed by atoms with Crippen molar-refractivity contribution in [2.45, 2.75) is 213 Å². The summed E-state index contributed by atoms with van der Waals surface area (Å²) >= 11 is 0. The average Bonchev–Trinajstić information content (AvgIpc) is 3.01. The van der Waals surface area contributed by atoms with Gasteiger partial charge in [0.1, 0.15) is 19.3 Å². The number of rotatable bonds is 34. The van der Waals surface area contributed by atoms with Gasteiger partial charge >= 0.3 is 11.9 Å². The van der Waals surface area contributed by atoms with Gasteiger partial charge in [-0.15, -0.1) is 0 Å². The van der Waals surface area contributed by atoms with Crippen molar-refractivity contribution in [1.29, 1.82) is 0 Å². The Hall–Kier alpha value is -1.10. The van der Waals surface area contributed by atoms with E-state index in [1.54, 1.807) is 0 Å². The first-order valence-corrected chi connectivity index (χ1v) is 19.0. The van der Waals surface area contributed by atoms with E-state index in [9.17, 15) is 14.7 Å². The molecule has 2 atom stereocenters. The topological polar surface area (TPSA) is 72.8 Å². The van der Waals surface area contributed by atoms with Gasteiger partial charge < -0.3 is 14.6 Å². The number of aliphatic hydroxyl groups excluding tert-OH is 1. The molecule has 0 bridgehead atoms. The molecule has 0 saturated heterocycles. The number of hydrogen-bond acceptors (Lipinski definition) is 5. The van der Waals surface area contributed by atoms with E-state index < -0.39 is 6.10 Å². The molecule has 0 aliphatic carbocycles. The largest absolute Gasteiger partial charge is 0.463 e. The Morgan fingerprint density at radius 2 is 0.791 bits per heavy atom. The number of esters is 2. The fourth-order valence-electron chi connectivity index (χ4n) is 5.59. The van der Waals surface area contributed by atoms with Crippen LogP contribution in [0.5, 0.6) is 0 Å². The van der Waals surface area contributed by atoms with E-state index in [4.69, 9.17) is 9.47 Å². The molecule has 0 fully saturated rings. The van der Waals surface area contributed by atoms with Gasteiger partial charge in [0.15, 0.2) is 0 Å². The molecule has 1 unspecified atom stereocenters. The van der Waals surface area contributed by atoms with Crippen molar-refractivity contribution in [3.63, 3.8) is 0 Å². The second-order valence-electron chi connectivity index (χ2n) is 13.3. The molecule has 5 heteroatoms. The van der Waals surface area contributed by atoms with Crippen molar-refractivity contribution in [3.05, 3.63) is 0 Å². The van der Waals surface area contributed by atoms with E-state index in [0.29, 0.717) is 12.8 Å². The van der Waals surface area contributed by atoms with Crippen LogP contribution in [0.2, 0.25) is 0 Å². The molecule has 0 radical (unpaired) electrons. The first kappa shape index (κ1) is 41.9. The number of hydrogen-bond donors (Lipinski definition) is 1. The zero-order chi connectivity index (χ0) is 31.6. The van der Waals surface area contributed by atoms with Crippen LogP contribution in [-0.2, 0) is 19.1 Å². The van der Waals surface area contributed by atoms with Crippen molar-refractivity contribution in [1.82, 2.24) is 0 Å². The monoisotopic (exact) mass is 611 g/mol. The van der Waals surface area contributed by atoms with Crippen LogP contribution in [0, 0.1) is 5.92 Å². The lowest BCUT2D eigenvalue weighted by Gasteiger charge is -2.12. The van der Waals surface area contributed by atoms with E-state index in [1.165, 1.54) is 141 Å². The summed E-state index contributed by atoms with van der Waals surface area (Å²) in [6.07, 6.45) is 34.6. The summed E-state index contributed by atoms with van der Waals surface area (Å²) in [5.74, 6) is 0.355. The second-order valence-corrected chi connectivity index (χ2v) is 13.3. The third-order valence-corrected chi connectivity index (χ3v) is 8.88. The van der Waals surface area contributed by atoms with E-state index in [-0.39, 0.29) is 25.2 Å². The van der Waals surface area contributed by atoms with Crippen molar-refractivity contribution in [2.24, 2.45) is 5.92 Å². The van der Waals surface area contributed by atoms with E-state index in [0.717, 1.165) is 38.0 Å². The second kappa shape index (κ2) is 33.8. The molecule has 0 aromatic carbocycles. The van der Waals surface area contributed by atoms with E-state index in [1.807, 2.05) is 0 Å². The number of ether oxygens (including phenoxy) is 2. The van der Waals surface area contributed by atoms with Crippen LogP contribution in [0.15, 0.2) is 0 Å². The third-order valence-electron chi connectivity index (χ3n) is 8.88. The summed E-state index contributed by atoms with van der Waals surface area (Å²) in [5, 5.41) is 9.94. The molecule has 0 aliphatic heterocycles. The van der Waals surface area contributed by atoms with Gasteiger partial charge in [0.05, 0.1) is 0 Å². The van der Waals surface area contributed by atoms with Crippen molar-refractivity contribution in [3.8, 4) is 0 Å². The fraction of sp³-hybridized carbons (Fsp3) is 0.947. The Morgan fingerprint density at radius 1 is 0.488 bits per heavy atom. The maximum Gasteiger partial charge on any atom is 0.305 e. The zero-order valence-corrected chi connectivity index (χ0v) is 29.2. The summed E-state index contributed by atoms with van der Waals surface area (Å²) in [6, 6.07) is 0. The molecule has 0 aliphatic rings. The summed E-state index contributed by atoms with van der Waals surface area (Å²) in [4.78, 5) is 23.7. The molecule has 0 aromatic heterocycles. The van der Waals surface area contributed by atoms with Crippen LogP contribution >= 0.6 is 0 Å². The molecule has 0 rings (SSSR count). The first-order valence-electron chi connectivity index (χ1n) is 19.0. The van der Waals surface area contributed by atoms with Gasteiger partial charge in [-0.1, -0.05) is 181 Å². The highest BCUT2D eigenvalue weighted by atomic mass is 16.6. The third kappa shape index (κ3) is 33.6. The van der Waals surface area contributed by atoms with Crippen molar-refractivity contribution >= 4 is 11.9 Å². The molecule has 1 N–H and O–H groups in total. The summed E-state index contributed by atoms with van der Waals surface area (Å²) in [6.45, 7) is 6.67. The van der Waals surface area contributed by atoms with Crippen LogP contribution in [-0.4, -0.2) is 36.4 Å². The van der Waals surface area contributed by atoms with Gasteiger partial charge in [0.2, 0.25) is 0 Å². The predicted octanol–water partition coefficient (Wildman–Crippen LogP) is 11.4. The Kier molecular flexibility index (Phi) is 32.9. The average molecular weight is 611 g/mol. The van der Waals surface area contributed by atoms with Gasteiger partial charge in [0.25, 0.3) is 0 Å². The van der Waals surface area contributed by atoms with Crippen molar-refractivity contribution in [2.75, 3.05) is 13.2 Å². The molecule has 43 heavy (non-hydrogen) atoms. The van der Waals surface area contributed by atoms with Crippen LogP contribution in [0.1, 0.15) is 207 Å². The number of unbranched alkanes of at least 4 members (excludes halogenated alkanes) is 23. The highest BCUT2D eigenvalue weighted by molar-refractivity contribution is 5.69. The SMILES string of the molecule is CCCCCCCCCC(=O)OC[C@H](O)COC(=O)CCCCCCCCCCCCCCCCCCCCC(C)CC. The molecular weight excluding hydrogens is 536 g/mol. The molecule has 0 amide bonds. The van der Waals surface area contributed by atoms with Gasteiger partial charge in [-0.05, 0) is 18.8 Å². The maximum absolute atomic E-state index is 11.9. The van der Waals surface area contributed by atoms with Crippen LogP contribution in [0.3, 0.4) is 0 Å². The molecule has 0 saturated carbocycles. The number of carbonyl (C=O) groups is 2. The van der Waals surface area contributed by atoms with Gasteiger partial charge in [0, 0.05) is 12.8 Å². The van der Waals surface area contributed by atoms with E-state index in [2.05, 4.69) is 20.8 Å². The summed E-state index contributed by atoms with van der Waals surface area (Å²) < 4.78 is 10.3. The zero-order valence-electron chi connectivity index (χ0n) is 29.2. The predicted molar refractivity (Wildman–Crippen MR) is 182 cm³/mol. The Morgan fingerprint density at radius 3 is 1.12 bits per heavy atom. The quantitative estimate of drug-likeness (QED) is 0.0579. The highest BCUT2D eigenvalue weighted by Crippen LogP contribution is 2.17. The first-order chi connectivity index (χ1) is 21.0. The Bertz CT molecular complexity index is 593. The van der Waals surface area contributed by atoms with E-state index >= 15 is 0 Å². The molecule has 256 valence electrons. The lowest BCUT2D eigenvalue weighted by atomic mass is 9.99. The summed E-state index contributed by atoms with van der Waals surface area (Å²) in [7, 11) is 0. The van der Waals surface area contributed by atoms with Gasteiger partial charge in [-0.3, -0.25) is 9.59 Å². The number of carbonyl (C=O) groups excluding carboxylic acids is 2. The summed E-state index contributed by atoms with van der Waals surface area (Å²) in [5.41, 5.74) is 0. The smallest absolute Gasteiger partial charge is 0.305 e. The minimum absolute atomic E-state index is 0.109. The number of aliphatic hydroxyl groups is 1. The minimum Gasteiger partial charge on any atom is -0.463 e. The standard InChI is InChI=1S/C38H74O5/c1-4-6-7-8-21-25-28-31-37(40)42-33-36(39)34-43-38(41)32-29-26-23-20-18-16-14-12-10-9-11-13-15-17-19-22-24-27-30-35(3)5-2/h35-36,39H,4-34H2,1-3H3/t35?,36-/m0/s1. The molecule has 0 spiro atoms. The molecule has 0 aromatic rings. The Labute approximate surface area is 268 Å². The fourth-order valence-corrected chi connectivity index (χ4v) is 5.59. The molecule has 5 nitrogen and oxygen atoms in total. The van der Waals surface area contributed by atoms with Crippen molar-refractivity contribution < 1.29 is 24.2 Å². The lowest BCUT2D eigenvalue weighted by Crippen LogP contribution is -2.25. The van der Waals surface area contributed by atoms with Gasteiger partial charge in [-0.2, -0.15) is 0 Å². The van der Waals surface area contributed by atoms with Crippen LogP contribution < -0.4 is 0 Å².